The van der Waals surface area contributed by atoms with Crippen LogP contribution in [0.2, 0.25) is 14.2 Å². The Morgan fingerprint density at radius 1 is 0.600 bits per heavy atom. The van der Waals surface area contributed by atoms with Gasteiger partial charge in [0.25, 0.3) is 0 Å². The molecular formula is C9H21AlCl4Ti. The summed E-state index contributed by atoms with van der Waals surface area (Å²) in [6.07, 6.45) is 4.32. The zero-order valence-corrected chi connectivity index (χ0v) is 15.6. The minimum Gasteiger partial charge on any atom is -1.00 e. The second-order valence-corrected chi connectivity index (χ2v) is 7.68. The van der Waals surface area contributed by atoms with Crippen molar-refractivity contribution in [2.24, 2.45) is 0 Å². The van der Waals surface area contributed by atoms with Crippen LogP contribution in [0.15, 0.2) is 0 Å². The van der Waals surface area contributed by atoms with Crippen LogP contribution >= 0.6 is 0 Å². The summed E-state index contributed by atoms with van der Waals surface area (Å²) in [4.78, 5) is 0. The molecule has 0 nitrogen and oxygen atoms in total. The first-order valence-corrected chi connectivity index (χ1v) is 7.99. The van der Waals surface area contributed by atoms with Gasteiger partial charge in [-0.1, -0.05) is 0 Å². The minimum absolute atomic E-state index is 0. The molecule has 0 aromatic heterocycles. The van der Waals surface area contributed by atoms with Crippen LogP contribution in [-0.4, -0.2) is 17.4 Å². The zero-order valence-electron chi connectivity index (χ0n) is 9.83. The van der Waals surface area contributed by atoms with Gasteiger partial charge in [-0.3, -0.25) is 0 Å². The van der Waals surface area contributed by atoms with E-state index < -0.39 is 17.9 Å². The molecule has 0 heterocycles. The van der Waals surface area contributed by atoms with Crippen LogP contribution in [0.5, 0.6) is 0 Å². The number of hydrogen-bond donors (Lipinski definition) is 0. The molecule has 0 saturated carbocycles. The fourth-order valence-electron chi connectivity index (χ4n) is 1.44. The Hall–Kier alpha value is 2.41. The molecule has 0 rings (SSSR count). The Morgan fingerprint density at radius 2 is 0.800 bits per heavy atom. The van der Waals surface area contributed by atoms with Crippen LogP contribution < -0.4 is 49.6 Å². The topological polar surface area (TPSA) is 0 Å². The van der Waals surface area contributed by atoms with Crippen molar-refractivity contribution in [3.63, 3.8) is 0 Å². The van der Waals surface area contributed by atoms with Crippen molar-refractivity contribution in [3.05, 3.63) is 0 Å². The zero-order chi connectivity index (χ0) is 7.82. The van der Waals surface area contributed by atoms with Crippen LogP contribution in [0.4, 0.5) is 0 Å². The van der Waals surface area contributed by atoms with Crippen molar-refractivity contribution < 1.29 is 67.5 Å². The minimum atomic E-state index is -0.486. The Labute approximate surface area is 138 Å². The van der Waals surface area contributed by atoms with E-state index in [1.165, 1.54) is 19.3 Å². The van der Waals surface area contributed by atoms with Gasteiger partial charge in [0.2, 0.25) is 0 Å². The Balaban J connectivity index is -0.0000000405. The molecule has 0 aromatic rings. The summed E-state index contributed by atoms with van der Waals surface area (Å²) >= 11 is -0.486. The van der Waals surface area contributed by atoms with Gasteiger partial charge in [-0.15, -0.1) is 0 Å². The van der Waals surface area contributed by atoms with Gasteiger partial charge in [-0.2, -0.15) is 0 Å². The van der Waals surface area contributed by atoms with E-state index in [0.717, 1.165) is 0 Å². The molecule has 0 aliphatic carbocycles. The molecule has 0 saturated heterocycles. The average molecular weight is 346 g/mol. The van der Waals surface area contributed by atoms with E-state index in [4.69, 9.17) is 0 Å². The summed E-state index contributed by atoms with van der Waals surface area (Å²) in [5.41, 5.74) is 0. The first-order chi connectivity index (χ1) is 4.85. The van der Waals surface area contributed by atoms with Crippen molar-refractivity contribution in [2.75, 3.05) is 0 Å². The summed E-state index contributed by atoms with van der Waals surface area (Å²) in [7, 11) is 0. The molecule has 6 heteroatoms. The standard InChI is InChI=1S/3C3H7.Al.4ClH.Ti/c3*1-3-2;;;;;;/h3*1,3H2,2H3;;4*1H;/q;;;;;;;;+4/p-4. The Morgan fingerprint density at radius 3 is 0.933 bits per heavy atom. The summed E-state index contributed by atoms with van der Waals surface area (Å²) in [5.74, 6) is 0. The third-order valence-corrected chi connectivity index (χ3v) is 7.47. The van der Waals surface area contributed by atoms with Gasteiger partial charge in [0.15, 0.2) is 0 Å². The van der Waals surface area contributed by atoms with Gasteiger partial charge in [0.1, 0.15) is 0 Å². The smallest absolute Gasteiger partial charge is 0 e. The summed E-state index contributed by atoms with van der Waals surface area (Å²) in [5, 5.41) is 0. The number of halogens is 4. The molecule has 15 heavy (non-hydrogen) atoms. The quantitative estimate of drug-likeness (QED) is 0.420. The van der Waals surface area contributed by atoms with Gasteiger partial charge >= 0.3 is 72.1 Å². The van der Waals surface area contributed by atoms with Crippen LogP contribution in [0.1, 0.15) is 40.0 Å². The third-order valence-electron chi connectivity index (χ3n) is 1.81. The van der Waals surface area contributed by atoms with Crippen molar-refractivity contribution in [2.45, 2.75) is 54.2 Å². The van der Waals surface area contributed by atoms with Gasteiger partial charge in [-0.25, -0.2) is 0 Å². The fourth-order valence-corrected chi connectivity index (χ4v) is 5.92. The molecule has 92 valence electrons. The molecular weight excluding hydrogens is 325 g/mol. The maximum Gasteiger partial charge on any atom is 0 e. The van der Waals surface area contributed by atoms with E-state index in [2.05, 4.69) is 20.8 Å². The van der Waals surface area contributed by atoms with Crippen LogP contribution in [0.25, 0.3) is 0 Å². The summed E-state index contributed by atoms with van der Waals surface area (Å²) < 4.78 is 4.84. The molecule has 0 bridgehead atoms. The average Bonchev–Trinajstić information content (AvgIpc) is 1.90. The van der Waals surface area contributed by atoms with Gasteiger partial charge in [0, 0.05) is 17.4 Å². The molecule has 0 atom stereocenters. The Bertz CT molecular complexity index is 64.9. The SMILES string of the molecule is CC[CH2][Ti+4]([CH2]CC)[CH2]CC.[Al].[Cl-].[Cl-].[Cl-].[Cl-]. The normalized spacial score (nSPS) is 6.00. The molecule has 0 spiro atoms. The maximum atomic E-state index is 2.33. The third kappa shape index (κ3) is 26.2. The summed E-state index contributed by atoms with van der Waals surface area (Å²) in [6, 6.07) is 0. The van der Waals surface area contributed by atoms with E-state index in [0.29, 0.717) is 0 Å². The van der Waals surface area contributed by atoms with Crippen molar-refractivity contribution in [1.29, 1.82) is 0 Å². The van der Waals surface area contributed by atoms with Gasteiger partial charge in [0.05, 0.1) is 0 Å². The largest absolute Gasteiger partial charge is 1.00 e. The number of hydrogen-bond acceptors (Lipinski definition) is 0. The van der Waals surface area contributed by atoms with E-state index in [1.54, 1.807) is 14.2 Å². The predicted octanol–water partition coefficient (Wildman–Crippen LogP) is -8.28. The molecule has 0 amide bonds. The van der Waals surface area contributed by atoms with Gasteiger partial charge in [-0.05, 0) is 0 Å². The van der Waals surface area contributed by atoms with Crippen molar-refractivity contribution in [3.8, 4) is 0 Å². The van der Waals surface area contributed by atoms with E-state index in [-0.39, 0.29) is 67.0 Å². The number of rotatable bonds is 6. The molecule has 0 aromatic carbocycles. The van der Waals surface area contributed by atoms with E-state index >= 15 is 0 Å². The Kier molecular flexibility index (Phi) is 71.9. The first kappa shape index (κ1) is 36.0. The molecule has 0 unspecified atom stereocenters. The predicted molar refractivity (Wildman–Crippen MR) is 51.0 cm³/mol. The van der Waals surface area contributed by atoms with E-state index in [1.807, 2.05) is 0 Å². The van der Waals surface area contributed by atoms with Crippen molar-refractivity contribution in [1.82, 2.24) is 0 Å². The van der Waals surface area contributed by atoms with Crippen LogP contribution in [0, 0.1) is 0 Å². The van der Waals surface area contributed by atoms with Crippen LogP contribution in [-0.2, 0) is 17.9 Å². The maximum absolute atomic E-state index is 2.33. The van der Waals surface area contributed by atoms with Crippen LogP contribution in [0.3, 0.4) is 0 Å². The fraction of sp³-hybridized carbons (Fsp3) is 1.00. The molecule has 0 aliphatic rings. The van der Waals surface area contributed by atoms with Gasteiger partial charge < -0.3 is 49.6 Å². The molecule has 0 fully saturated rings. The molecule has 3 radical (unpaired) electrons. The van der Waals surface area contributed by atoms with Crippen molar-refractivity contribution >= 4 is 17.4 Å². The van der Waals surface area contributed by atoms with E-state index in [9.17, 15) is 0 Å². The molecule has 0 aliphatic heterocycles. The second kappa shape index (κ2) is 29.9. The first-order valence-electron chi connectivity index (χ1n) is 4.68. The molecule has 0 N–H and O–H groups in total. The summed E-state index contributed by atoms with van der Waals surface area (Å²) in [6.45, 7) is 6.99. The second-order valence-electron chi connectivity index (χ2n) is 3.00. The monoisotopic (exact) mass is 344 g/mol.